The molecule has 1 unspecified atom stereocenters. The van der Waals surface area contributed by atoms with Gasteiger partial charge in [0.1, 0.15) is 0 Å². The van der Waals surface area contributed by atoms with E-state index in [4.69, 9.17) is 4.52 Å². The van der Waals surface area contributed by atoms with Crippen molar-refractivity contribution in [2.45, 2.75) is 31.4 Å². The maximum atomic E-state index is 13.1. The van der Waals surface area contributed by atoms with Gasteiger partial charge in [0, 0.05) is 24.9 Å². The molecule has 0 radical (unpaired) electrons. The van der Waals surface area contributed by atoms with Gasteiger partial charge in [0.05, 0.1) is 11.8 Å². The van der Waals surface area contributed by atoms with Gasteiger partial charge in [-0.2, -0.15) is 28.4 Å². The molecule has 4 rings (SSSR count). The van der Waals surface area contributed by atoms with Crippen LogP contribution in [0.2, 0.25) is 0 Å². The first-order valence-electron chi connectivity index (χ1n) is 7.37. The van der Waals surface area contributed by atoms with Gasteiger partial charge in [-0.05, 0) is 24.8 Å². The number of H-pyrrole nitrogens is 1. The first kappa shape index (κ1) is 14.9. The summed E-state index contributed by atoms with van der Waals surface area (Å²) in [6, 6.07) is 0. The van der Waals surface area contributed by atoms with Crippen LogP contribution in [0, 0.1) is 0 Å². The summed E-state index contributed by atoms with van der Waals surface area (Å²) >= 11 is 0. The smallest absolute Gasteiger partial charge is 0.339 e. The average molecular weight is 338 g/mol. The van der Waals surface area contributed by atoms with Gasteiger partial charge in [-0.25, -0.2) is 0 Å². The van der Waals surface area contributed by atoms with E-state index in [0.717, 1.165) is 28.8 Å². The van der Waals surface area contributed by atoms with Gasteiger partial charge in [0.2, 0.25) is 11.7 Å². The number of hydrogen-bond donors (Lipinski definition) is 1. The molecular weight excluding hydrogens is 325 g/mol. The number of nitrogens with zero attached hydrogens (tertiary/aromatic N) is 5. The molecule has 7 nitrogen and oxygen atoms in total. The van der Waals surface area contributed by atoms with E-state index < -0.39 is 11.9 Å². The van der Waals surface area contributed by atoms with Crippen LogP contribution in [-0.4, -0.2) is 30.1 Å². The van der Waals surface area contributed by atoms with E-state index in [1.54, 1.807) is 6.20 Å². The minimum Gasteiger partial charge on any atom is -0.339 e. The summed E-state index contributed by atoms with van der Waals surface area (Å²) < 4.78 is 45.5. The molecule has 24 heavy (non-hydrogen) atoms. The van der Waals surface area contributed by atoms with E-state index in [1.807, 2.05) is 0 Å². The topological polar surface area (TPSA) is 85.4 Å². The number of alkyl halides is 3. The van der Waals surface area contributed by atoms with Crippen LogP contribution in [0.1, 0.15) is 35.2 Å². The summed E-state index contributed by atoms with van der Waals surface area (Å²) in [4.78, 5) is 4.19. The number of hydrogen-bond acceptors (Lipinski definition) is 5. The molecule has 0 bridgehead atoms. The summed E-state index contributed by atoms with van der Waals surface area (Å²) in [6.07, 6.45) is 0.656. The van der Waals surface area contributed by atoms with Gasteiger partial charge in [-0.3, -0.25) is 9.78 Å². The van der Waals surface area contributed by atoms with Crippen LogP contribution in [0.5, 0.6) is 0 Å². The second-order valence-electron chi connectivity index (χ2n) is 5.83. The van der Waals surface area contributed by atoms with Crippen molar-refractivity contribution in [1.82, 2.24) is 30.1 Å². The van der Waals surface area contributed by atoms with E-state index >= 15 is 0 Å². The molecule has 1 N–H and O–H groups in total. The van der Waals surface area contributed by atoms with Crippen molar-refractivity contribution in [2.24, 2.45) is 7.05 Å². The van der Waals surface area contributed by atoms with Gasteiger partial charge >= 0.3 is 6.18 Å². The third-order valence-electron chi connectivity index (χ3n) is 4.15. The average Bonchev–Trinajstić information content (AvgIpc) is 3.23. The Morgan fingerprint density at radius 1 is 1.38 bits per heavy atom. The lowest BCUT2D eigenvalue weighted by molar-refractivity contribution is -0.141. The van der Waals surface area contributed by atoms with Crippen LogP contribution in [-0.2, 0) is 26.1 Å². The predicted octanol–water partition coefficient (Wildman–Crippen LogP) is 2.48. The van der Waals surface area contributed by atoms with Gasteiger partial charge in [0.15, 0.2) is 5.69 Å². The SMILES string of the molecule is Cn1cc(-c2noc(C3CCc4[nH]ncc4C3)n2)c(C(F)(F)F)n1. The minimum atomic E-state index is -4.58. The molecule has 0 aromatic carbocycles. The maximum Gasteiger partial charge on any atom is 0.435 e. The Hall–Kier alpha value is -2.65. The monoisotopic (exact) mass is 338 g/mol. The molecule has 0 spiro atoms. The second kappa shape index (κ2) is 5.18. The number of aryl methyl sites for hydroxylation is 2. The van der Waals surface area contributed by atoms with Crippen LogP contribution < -0.4 is 0 Å². The lowest BCUT2D eigenvalue weighted by Crippen LogP contribution is -2.12. The van der Waals surface area contributed by atoms with E-state index in [1.165, 1.54) is 13.2 Å². The second-order valence-corrected chi connectivity index (χ2v) is 5.83. The molecule has 10 heteroatoms. The molecule has 1 atom stereocenters. The fraction of sp³-hybridized carbons (Fsp3) is 0.429. The summed E-state index contributed by atoms with van der Waals surface area (Å²) in [7, 11) is 1.42. The van der Waals surface area contributed by atoms with E-state index in [2.05, 4.69) is 25.4 Å². The van der Waals surface area contributed by atoms with Crippen LogP contribution in [0.15, 0.2) is 16.9 Å². The van der Waals surface area contributed by atoms with Gasteiger partial charge in [-0.15, -0.1) is 0 Å². The number of aromatic amines is 1. The van der Waals surface area contributed by atoms with Crippen molar-refractivity contribution < 1.29 is 17.7 Å². The molecule has 0 amide bonds. The summed E-state index contributed by atoms with van der Waals surface area (Å²) in [5, 5.41) is 14.1. The van der Waals surface area contributed by atoms with E-state index in [-0.39, 0.29) is 17.3 Å². The van der Waals surface area contributed by atoms with Crippen molar-refractivity contribution in [3.05, 3.63) is 35.2 Å². The number of fused-ring (bicyclic) bond motifs is 1. The number of nitrogens with one attached hydrogen (secondary N) is 1. The molecule has 3 heterocycles. The molecule has 0 fully saturated rings. The van der Waals surface area contributed by atoms with E-state index in [9.17, 15) is 13.2 Å². The van der Waals surface area contributed by atoms with Gasteiger partial charge in [0.25, 0.3) is 0 Å². The highest BCUT2D eigenvalue weighted by Gasteiger charge is 2.39. The number of aromatic nitrogens is 6. The molecular formula is C14H13F3N6O. The summed E-state index contributed by atoms with van der Waals surface area (Å²) in [6.45, 7) is 0. The van der Waals surface area contributed by atoms with Crippen LogP contribution in [0.4, 0.5) is 13.2 Å². The van der Waals surface area contributed by atoms with Gasteiger partial charge in [-0.1, -0.05) is 5.16 Å². The van der Waals surface area contributed by atoms with Crippen molar-refractivity contribution in [3.8, 4) is 11.4 Å². The summed E-state index contributed by atoms with van der Waals surface area (Å²) in [5.41, 5.74) is 0.957. The molecule has 1 aliphatic rings. The van der Waals surface area contributed by atoms with Crippen molar-refractivity contribution in [2.75, 3.05) is 0 Å². The fourth-order valence-electron chi connectivity index (χ4n) is 3.00. The zero-order valence-electron chi connectivity index (χ0n) is 12.6. The van der Waals surface area contributed by atoms with Crippen LogP contribution >= 0.6 is 0 Å². The molecule has 3 aromatic rings. The Morgan fingerprint density at radius 2 is 2.21 bits per heavy atom. The highest BCUT2D eigenvalue weighted by Crippen LogP contribution is 2.36. The largest absolute Gasteiger partial charge is 0.435 e. The molecule has 126 valence electrons. The highest BCUT2D eigenvalue weighted by molar-refractivity contribution is 5.57. The normalized spacial score (nSPS) is 17.9. The Labute approximate surface area is 133 Å². The maximum absolute atomic E-state index is 13.1. The Kier molecular flexibility index (Phi) is 3.22. The molecule has 0 saturated heterocycles. The zero-order chi connectivity index (χ0) is 16.9. The number of halogens is 3. The molecule has 1 aliphatic carbocycles. The zero-order valence-corrected chi connectivity index (χ0v) is 12.6. The quantitative estimate of drug-likeness (QED) is 0.776. The fourth-order valence-corrected chi connectivity index (χ4v) is 3.00. The minimum absolute atomic E-state index is 0.0256. The Balaban J connectivity index is 1.65. The third-order valence-corrected chi connectivity index (χ3v) is 4.15. The Bertz CT molecular complexity index is 877. The summed E-state index contributed by atoms with van der Waals surface area (Å²) in [5.74, 6) is 0.222. The molecule has 3 aromatic heterocycles. The number of rotatable bonds is 2. The van der Waals surface area contributed by atoms with Crippen LogP contribution in [0.25, 0.3) is 11.4 Å². The predicted molar refractivity (Wildman–Crippen MR) is 74.9 cm³/mol. The van der Waals surface area contributed by atoms with Crippen molar-refractivity contribution in [1.29, 1.82) is 0 Å². The first-order chi connectivity index (χ1) is 11.4. The molecule has 0 aliphatic heterocycles. The third kappa shape index (κ3) is 2.47. The van der Waals surface area contributed by atoms with Crippen molar-refractivity contribution in [3.63, 3.8) is 0 Å². The Morgan fingerprint density at radius 3 is 3.00 bits per heavy atom. The lowest BCUT2D eigenvalue weighted by atomic mass is 9.88. The molecule has 0 saturated carbocycles. The highest BCUT2D eigenvalue weighted by atomic mass is 19.4. The van der Waals surface area contributed by atoms with Gasteiger partial charge < -0.3 is 4.52 Å². The standard InChI is InChI=1S/C14H13F3N6O/c1-23-6-9(11(21-23)14(15,16)17)12-19-13(24-22-12)7-2-3-10-8(4-7)5-18-20-10/h5-7H,2-4H2,1H3,(H,18,20). The first-order valence-corrected chi connectivity index (χ1v) is 7.37. The van der Waals surface area contributed by atoms with Crippen LogP contribution in [0.3, 0.4) is 0 Å². The van der Waals surface area contributed by atoms with Crippen molar-refractivity contribution >= 4 is 0 Å². The lowest BCUT2D eigenvalue weighted by Gasteiger charge is -2.17. The van der Waals surface area contributed by atoms with E-state index in [0.29, 0.717) is 12.3 Å².